The summed E-state index contributed by atoms with van der Waals surface area (Å²) < 4.78 is 18.0. The molecule has 0 spiro atoms. The van der Waals surface area contributed by atoms with Gasteiger partial charge >= 0.3 is 0 Å². The highest BCUT2D eigenvalue weighted by atomic mass is 19.1. The van der Waals surface area contributed by atoms with E-state index in [4.69, 9.17) is 15.6 Å². The molecule has 1 aromatic rings. The Morgan fingerprint density at radius 1 is 1.62 bits per heavy atom. The van der Waals surface area contributed by atoms with Crippen LogP contribution >= 0.6 is 0 Å². The molecule has 0 aliphatic carbocycles. The SMILES string of the molecule is COc1ccc(F)c([C@@H](N)CO)c1. The van der Waals surface area contributed by atoms with Gasteiger partial charge in [0, 0.05) is 5.56 Å². The Kier molecular flexibility index (Phi) is 3.22. The van der Waals surface area contributed by atoms with E-state index in [1.165, 1.54) is 25.3 Å². The van der Waals surface area contributed by atoms with E-state index in [1.54, 1.807) is 0 Å². The normalized spacial score (nSPS) is 12.6. The van der Waals surface area contributed by atoms with Crippen LogP contribution in [0.1, 0.15) is 11.6 Å². The van der Waals surface area contributed by atoms with Gasteiger partial charge in [0.15, 0.2) is 0 Å². The van der Waals surface area contributed by atoms with Crippen molar-refractivity contribution in [3.8, 4) is 5.75 Å². The van der Waals surface area contributed by atoms with E-state index < -0.39 is 11.9 Å². The van der Waals surface area contributed by atoms with E-state index in [2.05, 4.69) is 0 Å². The fraction of sp³-hybridized carbons (Fsp3) is 0.333. The summed E-state index contributed by atoms with van der Waals surface area (Å²) in [5.74, 6) is 0.0997. The number of rotatable bonds is 3. The quantitative estimate of drug-likeness (QED) is 0.733. The molecule has 0 radical (unpaired) electrons. The molecule has 0 unspecified atom stereocenters. The third kappa shape index (κ3) is 2.17. The summed E-state index contributed by atoms with van der Waals surface area (Å²) in [7, 11) is 1.49. The molecule has 1 rings (SSSR count). The molecule has 0 fully saturated rings. The summed E-state index contributed by atoms with van der Waals surface area (Å²) in [6.07, 6.45) is 0. The van der Waals surface area contributed by atoms with Crippen LogP contribution in [0.2, 0.25) is 0 Å². The second kappa shape index (κ2) is 4.20. The zero-order valence-electron chi connectivity index (χ0n) is 7.33. The first-order valence-corrected chi connectivity index (χ1v) is 3.89. The third-order valence-electron chi connectivity index (χ3n) is 1.80. The molecule has 3 N–H and O–H groups in total. The number of halogens is 1. The van der Waals surface area contributed by atoms with Crippen molar-refractivity contribution in [2.24, 2.45) is 5.73 Å². The van der Waals surface area contributed by atoms with Crippen molar-refractivity contribution in [3.05, 3.63) is 29.6 Å². The molecule has 72 valence electrons. The summed E-state index contributed by atoms with van der Waals surface area (Å²) in [5, 5.41) is 8.74. The monoisotopic (exact) mass is 185 g/mol. The molecule has 0 aliphatic heterocycles. The number of ether oxygens (including phenoxy) is 1. The van der Waals surface area contributed by atoms with Crippen LogP contribution < -0.4 is 10.5 Å². The molecule has 3 nitrogen and oxygen atoms in total. The van der Waals surface area contributed by atoms with E-state index >= 15 is 0 Å². The van der Waals surface area contributed by atoms with Crippen molar-refractivity contribution in [2.75, 3.05) is 13.7 Å². The minimum atomic E-state index is -0.699. The Morgan fingerprint density at radius 3 is 2.85 bits per heavy atom. The lowest BCUT2D eigenvalue weighted by Gasteiger charge is -2.10. The van der Waals surface area contributed by atoms with Crippen LogP contribution in [0.15, 0.2) is 18.2 Å². The van der Waals surface area contributed by atoms with Gasteiger partial charge in [-0.3, -0.25) is 0 Å². The van der Waals surface area contributed by atoms with Crippen LogP contribution in [-0.4, -0.2) is 18.8 Å². The van der Waals surface area contributed by atoms with Gasteiger partial charge in [-0.1, -0.05) is 0 Å². The fourth-order valence-corrected chi connectivity index (χ4v) is 1.03. The standard InChI is InChI=1S/C9H12FNO2/c1-13-6-2-3-8(10)7(4-6)9(11)5-12/h2-4,9,12H,5,11H2,1H3/t9-/m0/s1. The van der Waals surface area contributed by atoms with Crippen LogP contribution in [-0.2, 0) is 0 Å². The largest absolute Gasteiger partial charge is 0.497 e. The van der Waals surface area contributed by atoms with Gasteiger partial charge in [-0.2, -0.15) is 0 Å². The number of aliphatic hydroxyl groups excluding tert-OH is 1. The van der Waals surface area contributed by atoms with Gasteiger partial charge < -0.3 is 15.6 Å². The van der Waals surface area contributed by atoms with E-state index in [0.717, 1.165) is 0 Å². The number of hydrogen-bond acceptors (Lipinski definition) is 3. The van der Waals surface area contributed by atoms with Gasteiger partial charge in [0.1, 0.15) is 11.6 Å². The molecule has 13 heavy (non-hydrogen) atoms. The predicted octanol–water partition coefficient (Wildman–Crippen LogP) is 0.826. The number of methoxy groups -OCH3 is 1. The van der Waals surface area contributed by atoms with E-state index in [0.29, 0.717) is 5.75 Å². The van der Waals surface area contributed by atoms with Gasteiger partial charge in [0.2, 0.25) is 0 Å². The minimum absolute atomic E-state index is 0.266. The van der Waals surface area contributed by atoms with Crippen LogP contribution in [0.5, 0.6) is 5.75 Å². The van der Waals surface area contributed by atoms with Crippen LogP contribution in [0.25, 0.3) is 0 Å². The molecular formula is C9H12FNO2. The van der Waals surface area contributed by atoms with Crippen molar-refractivity contribution < 1.29 is 14.2 Å². The minimum Gasteiger partial charge on any atom is -0.497 e. The van der Waals surface area contributed by atoms with Crippen molar-refractivity contribution in [2.45, 2.75) is 6.04 Å². The van der Waals surface area contributed by atoms with Crippen molar-refractivity contribution in [1.29, 1.82) is 0 Å². The van der Waals surface area contributed by atoms with Crippen molar-refractivity contribution in [3.63, 3.8) is 0 Å². The Balaban J connectivity index is 3.03. The number of benzene rings is 1. The predicted molar refractivity (Wildman–Crippen MR) is 47.0 cm³/mol. The Bertz CT molecular complexity index is 291. The summed E-state index contributed by atoms with van der Waals surface area (Å²) in [6.45, 7) is -0.288. The van der Waals surface area contributed by atoms with Crippen LogP contribution in [0.4, 0.5) is 4.39 Å². The van der Waals surface area contributed by atoms with Gasteiger partial charge in [-0.15, -0.1) is 0 Å². The van der Waals surface area contributed by atoms with Crippen LogP contribution in [0.3, 0.4) is 0 Å². The average molecular weight is 185 g/mol. The Labute approximate surface area is 75.9 Å². The van der Waals surface area contributed by atoms with Crippen molar-refractivity contribution in [1.82, 2.24) is 0 Å². The molecule has 0 amide bonds. The fourth-order valence-electron chi connectivity index (χ4n) is 1.03. The highest BCUT2D eigenvalue weighted by Crippen LogP contribution is 2.20. The molecule has 0 aliphatic rings. The molecule has 1 aromatic carbocycles. The topological polar surface area (TPSA) is 55.5 Å². The number of hydrogen-bond donors (Lipinski definition) is 2. The third-order valence-corrected chi connectivity index (χ3v) is 1.80. The van der Waals surface area contributed by atoms with E-state index in [1.807, 2.05) is 0 Å². The summed E-state index contributed by atoms with van der Waals surface area (Å²) in [4.78, 5) is 0. The molecule has 0 saturated heterocycles. The summed E-state index contributed by atoms with van der Waals surface area (Å²) in [5.41, 5.74) is 5.74. The lowest BCUT2D eigenvalue weighted by atomic mass is 10.1. The molecule has 0 aromatic heterocycles. The number of nitrogens with two attached hydrogens (primary N) is 1. The maximum Gasteiger partial charge on any atom is 0.128 e. The van der Waals surface area contributed by atoms with E-state index in [-0.39, 0.29) is 12.2 Å². The Hall–Kier alpha value is -1.13. The zero-order chi connectivity index (χ0) is 9.84. The molecular weight excluding hydrogens is 173 g/mol. The smallest absolute Gasteiger partial charge is 0.128 e. The van der Waals surface area contributed by atoms with Gasteiger partial charge in [-0.05, 0) is 18.2 Å². The van der Waals surface area contributed by atoms with E-state index in [9.17, 15) is 4.39 Å². The molecule has 0 saturated carbocycles. The first kappa shape index (κ1) is 9.95. The lowest BCUT2D eigenvalue weighted by Crippen LogP contribution is -2.16. The maximum atomic E-state index is 13.1. The second-order valence-corrected chi connectivity index (χ2v) is 2.68. The highest BCUT2D eigenvalue weighted by Gasteiger charge is 2.10. The molecule has 0 heterocycles. The first-order valence-electron chi connectivity index (χ1n) is 3.89. The summed E-state index contributed by atoms with van der Waals surface area (Å²) >= 11 is 0. The van der Waals surface area contributed by atoms with Gasteiger partial charge in [0.05, 0.1) is 19.8 Å². The van der Waals surface area contributed by atoms with Gasteiger partial charge in [0.25, 0.3) is 0 Å². The highest BCUT2D eigenvalue weighted by molar-refractivity contribution is 5.31. The Morgan fingerprint density at radius 2 is 2.31 bits per heavy atom. The summed E-state index contributed by atoms with van der Waals surface area (Å²) in [6, 6.07) is 3.55. The van der Waals surface area contributed by atoms with Crippen LogP contribution in [0, 0.1) is 5.82 Å². The maximum absolute atomic E-state index is 13.1. The van der Waals surface area contributed by atoms with Gasteiger partial charge in [-0.25, -0.2) is 4.39 Å². The molecule has 1 atom stereocenters. The molecule has 4 heteroatoms. The number of aliphatic hydroxyl groups is 1. The van der Waals surface area contributed by atoms with Crippen molar-refractivity contribution >= 4 is 0 Å². The average Bonchev–Trinajstić information content (AvgIpc) is 2.17. The second-order valence-electron chi connectivity index (χ2n) is 2.68. The molecule has 0 bridgehead atoms. The lowest BCUT2D eigenvalue weighted by molar-refractivity contribution is 0.265. The zero-order valence-corrected chi connectivity index (χ0v) is 7.33. The first-order chi connectivity index (χ1) is 6.19.